The van der Waals surface area contributed by atoms with Gasteiger partial charge in [-0.15, -0.1) is 0 Å². The van der Waals surface area contributed by atoms with Crippen LogP contribution in [0.2, 0.25) is 0 Å². The monoisotopic (exact) mass is 259 g/mol. The van der Waals surface area contributed by atoms with Gasteiger partial charge in [-0.1, -0.05) is 0 Å². The Balaban J connectivity index is 1.85. The van der Waals surface area contributed by atoms with Crippen molar-refractivity contribution in [3.05, 3.63) is 36.4 Å². The Morgan fingerprint density at radius 3 is 2.79 bits per heavy atom. The Hall–Kier alpha value is -1.95. The second-order valence-electron chi connectivity index (χ2n) is 4.95. The van der Waals surface area contributed by atoms with Crippen molar-refractivity contribution >= 4 is 5.95 Å². The van der Waals surface area contributed by atoms with E-state index in [4.69, 9.17) is 4.74 Å². The number of aromatic nitrogens is 4. The molecule has 0 radical (unpaired) electrons. The van der Waals surface area contributed by atoms with Gasteiger partial charge in [0, 0.05) is 37.7 Å². The van der Waals surface area contributed by atoms with E-state index in [1.54, 1.807) is 17.1 Å². The first-order valence-electron chi connectivity index (χ1n) is 6.32. The van der Waals surface area contributed by atoms with Crippen molar-refractivity contribution < 1.29 is 4.74 Å². The summed E-state index contributed by atoms with van der Waals surface area (Å²) in [4.78, 5) is 10.8. The molecule has 1 saturated heterocycles. The van der Waals surface area contributed by atoms with Gasteiger partial charge in [-0.3, -0.25) is 4.68 Å². The molecular weight excluding hydrogens is 242 g/mol. The van der Waals surface area contributed by atoms with Gasteiger partial charge in [0.2, 0.25) is 5.95 Å². The first kappa shape index (κ1) is 12.1. The molecule has 1 fully saturated rings. The maximum absolute atomic E-state index is 5.97. The minimum absolute atomic E-state index is 0.369. The molecule has 1 aliphatic rings. The molecule has 0 aliphatic carbocycles. The number of hydrogen-bond acceptors (Lipinski definition) is 5. The van der Waals surface area contributed by atoms with E-state index in [9.17, 15) is 0 Å². The highest BCUT2D eigenvalue weighted by atomic mass is 16.5. The number of hydrogen-bond donors (Lipinski definition) is 0. The summed E-state index contributed by atoms with van der Waals surface area (Å²) < 4.78 is 7.76. The zero-order valence-corrected chi connectivity index (χ0v) is 11.2. The molecule has 0 amide bonds. The molecule has 0 N–H and O–H groups in total. The molecule has 2 aromatic rings. The molecule has 2 aromatic heterocycles. The van der Waals surface area contributed by atoms with Gasteiger partial charge in [-0.2, -0.15) is 5.10 Å². The molecule has 0 bridgehead atoms. The van der Waals surface area contributed by atoms with E-state index in [2.05, 4.69) is 26.9 Å². The minimum atomic E-state index is -0.369. The quantitative estimate of drug-likeness (QED) is 0.804. The van der Waals surface area contributed by atoms with Crippen LogP contribution in [-0.2, 0) is 17.4 Å². The third-order valence-corrected chi connectivity index (χ3v) is 3.42. The van der Waals surface area contributed by atoms with Crippen LogP contribution in [0, 0.1) is 0 Å². The first-order chi connectivity index (χ1) is 9.17. The first-order valence-corrected chi connectivity index (χ1v) is 6.32. The Bertz CT molecular complexity index is 555. The van der Waals surface area contributed by atoms with Crippen LogP contribution in [0.15, 0.2) is 30.9 Å². The van der Waals surface area contributed by atoms with E-state index in [1.807, 2.05) is 25.5 Å². The van der Waals surface area contributed by atoms with Crippen molar-refractivity contribution in [2.24, 2.45) is 7.05 Å². The number of aryl methyl sites for hydroxylation is 1. The number of anilines is 1. The molecular formula is C13H17N5O. The highest BCUT2D eigenvalue weighted by Crippen LogP contribution is 2.30. The van der Waals surface area contributed by atoms with E-state index in [0.29, 0.717) is 6.61 Å². The fourth-order valence-corrected chi connectivity index (χ4v) is 2.36. The lowest BCUT2D eigenvalue weighted by Crippen LogP contribution is -2.48. The molecule has 6 nitrogen and oxygen atoms in total. The lowest BCUT2D eigenvalue weighted by Gasteiger charge is -2.40. The van der Waals surface area contributed by atoms with Gasteiger partial charge in [-0.25, -0.2) is 9.97 Å². The Labute approximate surface area is 112 Å². The van der Waals surface area contributed by atoms with Crippen molar-refractivity contribution in [2.45, 2.75) is 12.5 Å². The van der Waals surface area contributed by atoms with Crippen LogP contribution in [-0.4, -0.2) is 39.4 Å². The van der Waals surface area contributed by atoms with E-state index in [0.717, 1.165) is 24.6 Å². The molecule has 100 valence electrons. The Kier molecular flexibility index (Phi) is 2.94. The summed E-state index contributed by atoms with van der Waals surface area (Å²) in [6, 6.07) is 1.82. The van der Waals surface area contributed by atoms with E-state index in [-0.39, 0.29) is 5.60 Å². The van der Waals surface area contributed by atoms with Crippen LogP contribution in [0.5, 0.6) is 0 Å². The molecule has 0 aromatic carbocycles. The van der Waals surface area contributed by atoms with Crippen molar-refractivity contribution in [1.29, 1.82) is 0 Å². The van der Waals surface area contributed by atoms with Gasteiger partial charge in [-0.05, 0) is 13.0 Å². The van der Waals surface area contributed by atoms with Crippen LogP contribution >= 0.6 is 0 Å². The average Bonchev–Trinajstić information content (AvgIpc) is 2.87. The van der Waals surface area contributed by atoms with Crippen molar-refractivity contribution in [3.8, 4) is 0 Å². The van der Waals surface area contributed by atoms with Gasteiger partial charge in [0.1, 0.15) is 5.60 Å². The van der Waals surface area contributed by atoms with E-state index < -0.39 is 0 Å². The summed E-state index contributed by atoms with van der Waals surface area (Å²) >= 11 is 0. The predicted molar refractivity (Wildman–Crippen MR) is 70.8 cm³/mol. The fraction of sp³-hybridized carbons (Fsp3) is 0.462. The second kappa shape index (κ2) is 4.62. The molecule has 0 spiro atoms. The highest BCUT2D eigenvalue weighted by Gasteiger charge is 2.35. The van der Waals surface area contributed by atoms with Gasteiger partial charge < -0.3 is 9.64 Å². The Morgan fingerprint density at radius 2 is 2.11 bits per heavy atom. The van der Waals surface area contributed by atoms with Gasteiger partial charge in [0.15, 0.2) is 0 Å². The summed E-state index contributed by atoms with van der Waals surface area (Å²) in [5, 5.41) is 4.22. The van der Waals surface area contributed by atoms with Gasteiger partial charge in [0.25, 0.3) is 0 Å². The van der Waals surface area contributed by atoms with Crippen LogP contribution in [0.1, 0.15) is 12.5 Å². The zero-order valence-electron chi connectivity index (χ0n) is 11.2. The summed E-state index contributed by atoms with van der Waals surface area (Å²) in [5.74, 6) is 0.751. The standard InChI is InChI=1S/C13H17N5O/c1-13(11-8-16-17(2)9-11)10-18(6-7-19-13)12-14-4-3-5-15-12/h3-5,8-9H,6-7,10H2,1-2H3/t13-/m1/s1. The summed E-state index contributed by atoms with van der Waals surface area (Å²) in [6.45, 7) is 4.27. The topological polar surface area (TPSA) is 56.1 Å². The second-order valence-corrected chi connectivity index (χ2v) is 4.95. The average molecular weight is 259 g/mol. The lowest BCUT2D eigenvalue weighted by atomic mass is 9.97. The van der Waals surface area contributed by atoms with Crippen molar-refractivity contribution in [3.63, 3.8) is 0 Å². The maximum Gasteiger partial charge on any atom is 0.225 e. The van der Waals surface area contributed by atoms with Crippen LogP contribution in [0.4, 0.5) is 5.95 Å². The lowest BCUT2D eigenvalue weighted by molar-refractivity contribution is -0.0470. The van der Waals surface area contributed by atoms with E-state index >= 15 is 0 Å². The third kappa shape index (κ3) is 2.31. The normalized spacial score (nSPS) is 23.6. The van der Waals surface area contributed by atoms with Gasteiger partial charge in [0.05, 0.1) is 19.3 Å². The number of nitrogens with zero attached hydrogens (tertiary/aromatic N) is 5. The van der Waals surface area contributed by atoms with Gasteiger partial charge >= 0.3 is 0 Å². The molecule has 6 heteroatoms. The number of morpholine rings is 1. The number of ether oxygens (including phenoxy) is 1. The molecule has 19 heavy (non-hydrogen) atoms. The molecule has 3 heterocycles. The maximum atomic E-state index is 5.97. The van der Waals surface area contributed by atoms with Crippen molar-refractivity contribution in [1.82, 2.24) is 19.7 Å². The zero-order chi connectivity index (χ0) is 13.3. The smallest absolute Gasteiger partial charge is 0.225 e. The summed E-state index contributed by atoms with van der Waals surface area (Å²) in [6.07, 6.45) is 7.38. The molecule has 0 unspecified atom stereocenters. The Morgan fingerprint density at radius 1 is 1.32 bits per heavy atom. The van der Waals surface area contributed by atoms with E-state index in [1.165, 1.54) is 0 Å². The molecule has 1 aliphatic heterocycles. The van der Waals surface area contributed by atoms with Crippen LogP contribution < -0.4 is 4.90 Å². The van der Waals surface area contributed by atoms with Crippen LogP contribution in [0.25, 0.3) is 0 Å². The van der Waals surface area contributed by atoms with Crippen molar-refractivity contribution in [2.75, 3.05) is 24.6 Å². The molecule has 1 atom stereocenters. The number of rotatable bonds is 2. The summed E-state index contributed by atoms with van der Waals surface area (Å²) in [7, 11) is 1.91. The highest BCUT2D eigenvalue weighted by molar-refractivity contribution is 5.32. The van der Waals surface area contributed by atoms with Crippen LogP contribution in [0.3, 0.4) is 0 Å². The molecule has 3 rings (SSSR count). The fourth-order valence-electron chi connectivity index (χ4n) is 2.36. The molecule has 0 saturated carbocycles. The SMILES string of the molecule is Cn1cc([C@@]2(C)CN(c3ncccn3)CCO2)cn1. The summed E-state index contributed by atoms with van der Waals surface area (Å²) in [5.41, 5.74) is 0.710. The predicted octanol–water partition coefficient (Wildman–Crippen LogP) is 0.962. The minimum Gasteiger partial charge on any atom is -0.367 e. The largest absolute Gasteiger partial charge is 0.367 e. The third-order valence-electron chi connectivity index (χ3n) is 3.42.